The summed E-state index contributed by atoms with van der Waals surface area (Å²) in [5.41, 5.74) is 1.68. The quantitative estimate of drug-likeness (QED) is 0.456. The van der Waals surface area contributed by atoms with E-state index in [9.17, 15) is 13.2 Å². The molecule has 1 aromatic heterocycles. The molecule has 0 radical (unpaired) electrons. The van der Waals surface area contributed by atoms with Gasteiger partial charge in [0.25, 0.3) is 0 Å². The SMILES string of the molecule is CCN(C(=O)CSc1nnc(-c2ccc3c(c2)OCO3)n1-c1ccccc1)[C@@H]1CCS(=O)(=O)C1. The van der Waals surface area contributed by atoms with E-state index in [4.69, 9.17) is 9.47 Å². The Morgan fingerprint density at radius 2 is 1.94 bits per heavy atom. The average Bonchev–Trinajstić information content (AvgIpc) is 3.56. The molecule has 3 heterocycles. The fourth-order valence-electron chi connectivity index (χ4n) is 4.26. The Balaban J connectivity index is 1.41. The van der Waals surface area contributed by atoms with Gasteiger partial charge in [-0.15, -0.1) is 10.2 Å². The number of ether oxygens (including phenoxy) is 2. The maximum Gasteiger partial charge on any atom is 0.233 e. The lowest BCUT2D eigenvalue weighted by Crippen LogP contribution is -2.42. The summed E-state index contributed by atoms with van der Waals surface area (Å²) in [7, 11) is -3.07. The van der Waals surface area contributed by atoms with Crippen LogP contribution in [0.2, 0.25) is 0 Å². The van der Waals surface area contributed by atoms with Crippen LogP contribution in [0, 0.1) is 0 Å². The number of para-hydroxylation sites is 1. The maximum atomic E-state index is 13.0. The number of carbonyl (C=O) groups excluding carboxylic acids is 1. The van der Waals surface area contributed by atoms with Crippen LogP contribution < -0.4 is 9.47 Å². The molecular weight excluding hydrogens is 476 g/mol. The molecule has 1 fully saturated rings. The van der Waals surface area contributed by atoms with Crippen molar-refractivity contribution in [2.45, 2.75) is 24.5 Å². The fraction of sp³-hybridized carbons (Fsp3) is 0.348. The number of amides is 1. The number of hydrogen-bond donors (Lipinski definition) is 0. The Bertz CT molecular complexity index is 1310. The number of thioether (sulfide) groups is 1. The molecule has 2 aromatic carbocycles. The molecule has 0 unspecified atom stereocenters. The molecule has 178 valence electrons. The standard InChI is InChI=1S/C23H24N4O5S2/c1-2-26(18-10-11-34(29,30)14-18)21(28)13-33-23-25-24-22(27(23)17-6-4-3-5-7-17)16-8-9-19-20(12-16)32-15-31-19/h3-9,12,18H,2,10-11,13-15H2,1H3/t18-/m1/s1. The monoisotopic (exact) mass is 500 g/mol. The zero-order chi connectivity index (χ0) is 23.7. The fourth-order valence-corrected chi connectivity index (χ4v) is 6.83. The molecule has 3 aromatic rings. The normalized spacial score (nSPS) is 18.2. The van der Waals surface area contributed by atoms with Gasteiger partial charge in [-0.3, -0.25) is 9.36 Å². The number of nitrogens with zero attached hydrogens (tertiary/aromatic N) is 4. The molecular formula is C23H24N4O5S2. The van der Waals surface area contributed by atoms with Crippen molar-refractivity contribution in [3.8, 4) is 28.6 Å². The minimum absolute atomic E-state index is 0.0334. The molecule has 1 amide bonds. The van der Waals surface area contributed by atoms with Gasteiger partial charge < -0.3 is 14.4 Å². The maximum absolute atomic E-state index is 13.0. The van der Waals surface area contributed by atoms with Crippen molar-refractivity contribution in [3.05, 3.63) is 48.5 Å². The van der Waals surface area contributed by atoms with E-state index < -0.39 is 9.84 Å². The van der Waals surface area contributed by atoms with Gasteiger partial charge in [0, 0.05) is 23.8 Å². The van der Waals surface area contributed by atoms with E-state index in [1.165, 1.54) is 11.8 Å². The van der Waals surface area contributed by atoms with Gasteiger partial charge in [-0.25, -0.2) is 8.42 Å². The molecule has 1 atom stereocenters. The van der Waals surface area contributed by atoms with Crippen LogP contribution >= 0.6 is 11.8 Å². The first-order valence-corrected chi connectivity index (χ1v) is 13.8. The number of hydrogen-bond acceptors (Lipinski definition) is 8. The van der Waals surface area contributed by atoms with Gasteiger partial charge in [0.15, 0.2) is 32.3 Å². The third kappa shape index (κ3) is 4.49. The van der Waals surface area contributed by atoms with Crippen LogP contribution in [0.1, 0.15) is 13.3 Å². The van der Waals surface area contributed by atoms with Crippen molar-refractivity contribution in [2.24, 2.45) is 0 Å². The molecule has 0 aliphatic carbocycles. The largest absolute Gasteiger partial charge is 0.454 e. The van der Waals surface area contributed by atoms with Crippen molar-refractivity contribution >= 4 is 27.5 Å². The minimum atomic E-state index is -3.07. The Morgan fingerprint density at radius 1 is 1.15 bits per heavy atom. The molecule has 5 rings (SSSR count). The molecule has 9 nitrogen and oxygen atoms in total. The molecule has 2 aliphatic rings. The van der Waals surface area contributed by atoms with Crippen LogP contribution in [0.5, 0.6) is 11.5 Å². The van der Waals surface area contributed by atoms with Crippen molar-refractivity contribution in [3.63, 3.8) is 0 Å². The van der Waals surface area contributed by atoms with Gasteiger partial charge in [-0.1, -0.05) is 30.0 Å². The Hall–Kier alpha value is -3.05. The Labute approximate surface area is 202 Å². The molecule has 0 N–H and O–H groups in total. The van der Waals surface area contributed by atoms with E-state index in [0.29, 0.717) is 35.4 Å². The molecule has 2 aliphatic heterocycles. The van der Waals surface area contributed by atoms with Crippen LogP contribution in [0.3, 0.4) is 0 Å². The van der Waals surface area contributed by atoms with Crippen molar-refractivity contribution in [1.82, 2.24) is 19.7 Å². The number of sulfone groups is 1. The third-order valence-electron chi connectivity index (χ3n) is 5.91. The first-order valence-electron chi connectivity index (χ1n) is 11.0. The second-order valence-electron chi connectivity index (χ2n) is 8.07. The summed E-state index contributed by atoms with van der Waals surface area (Å²) < 4.78 is 36.6. The van der Waals surface area contributed by atoms with Gasteiger partial charge in [0.1, 0.15) is 0 Å². The van der Waals surface area contributed by atoms with Crippen LogP contribution in [-0.2, 0) is 14.6 Å². The average molecular weight is 501 g/mol. The highest BCUT2D eigenvalue weighted by Crippen LogP contribution is 2.37. The predicted molar refractivity (Wildman–Crippen MR) is 128 cm³/mol. The Morgan fingerprint density at radius 3 is 2.68 bits per heavy atom. The third-order valence-corrected chi connectivity index (χ3v) is 8.58. The second kappa shape index (κ2) is 9.30. The van der Waals surface area contributed by atoms with Gasteiger partial charge in [-0.05, 0) is 43.7 Å². The smallest absolute Gasteiger partial charge is 0.233 e. The van der Waals surface area contributed by atoms with E-state index in [1.807, 2.05) is 60.0 Å². The molecule has 0 spiro atoms. The lowest BCUT2D eigenvalue weighted by molar-refractivity contribution is -0.129. The van der Waals surface area contributed by atoms with E-state index in [-0.39, 0.29) is 36.0 Å². The summed E-state index contributed by atoms with van der Waals surface area (Å²) in [6.07, 6.45) is 0.487. The number of aromatic nitrogens is 3. The highest BCUT2D eigenvalue weighted by molar-refractivity contribution is 7.99. The van der Waals surface area contributed by atoms with E-state index >= 15 is 0 Å². The number of rotatable bonds is 7. The van der Waals surface area contributed by atoms with Crippen molar-refractivity contribution in [2.75, 3.05) is 30.6 Å². The molecule has 11 heteroatoms. The topological polar surface area (TPSA) is 104 Å². The summed E-state index contributed by atoms with van der Waals surface area (Å²) in [6.45, 7) is 2.52. The number of carbonyl (C=O) groups is 1. The first-order chi connectivity index (χ1) is 16.4. The van der Waals surface area contributed by atoms with E-state index in [1.54, 1.807) is 4.90 Å². The van der Waals surface area contributed by atoms with Crippen LogP contribution in [-0.4, -0.2) is 70.6 Å². The number of benzene rings is 2. The van der Waals surface area contributed by atoms with Crippen LogP contribution in [0.25, 0.3) is 17.1 Å². The summed E-state index contributed by atoms with van der Waals surface area (Å²) in [4.78, 5) is 14.7. The molecule has 1 saturated heterocycles. The second-order valence-corrected chi connectivity index (χ2v) is 11.2. The molecule has 0 saturated carbocycles. The highest BCUT2D eigenvalue weighted by atomic mass is 32.2. The van der Waals surface area contributed by atoms with Gasteiger partial charge in [0.2, 0.25) is 12.7 Å². The molecule has 0 bridgehead atoms. The summed E-state index contributed by atoms with van der Waals surface area (Å²) in [5, 5.41) is 9.37. The van der Waals surface area contributed by atoms with E-state index in [2.05, 4.69) is 10.2 Å². The van der Waals surface area contributed by atoms with Gasteiger partial charge in [0.05, 0.1) is 17.3 Å². The zero-order valence-corrected chi connectivity index (χ0v) is 20.2. The lowest BCUT2D eigenvalue weighted by atomic mass is 10.2. The zero-order valence-electron chi connectivity index (χ0n) is 18.6. The molecule has 34 heavy (non-hydrogen) atoms. The van der Waals surface area contributed by atoms with Crippen LogP contribution in [0.4, 0.5) is 0 Å². The minimum Gasteiger partial charge on any atom is -0.454 e. The van der Waals surface area contributed by atoms with Crippen molar-refractivity contribution in [1.29, 1.82) is 0 Å². The van der Waals surface area contributed by atoms with Gasteiger partial charge >= 0.3 is 0 Å². The Kier molecular flexibility index (Phi) is 6.22. The predicted octanol–water partition coefficient (Wildman–Crippen LogP) is 2.79. The summed E-state index contributed by atoms with van der Waals surface area (Å²) >= 11 is 1.29. The van der Waals surface area contributed by atoms with Crippen LogP contribution in [0.15, 0.2) is 53.7 Å². The van der Waals surface area contributed by atoms with E-state index in [0.717, 1.165) is 11.3 Å². The first kappa shape index (κ1) is 22.7. The van der Waals surface area contributed by atoms with Crippen molar-refractivity contribution < 1.29 is 22.7 Å². The summed E-state index contributed by atoms with van der Waals surface area (Å²) in [5.74, 6) is 2.14. The summed E-state index contributed by atoms with van der Waals surface area (Å²) in [6, 6.07) is 15.0. The lowest BCUT2D eigenvalue weighted by Gasteiger charge is -2.26. The highest BCUT2D eigenvalue weighted by Gasteiger charge is 2.34. The number of fused-ring (bicyclic) bond motifs is 1. The van der Waals surface area contributed by atoms with Gasteiger partial charge in [-0.2, -0.15) is 0 Å².